The highest BCUT2D eigenvalue weighted by molar-refractivity contribution is 7.85. The normalized spacial score (nSPS) is 9.69. The molecule has 0 saturated heterocycles. The van der Waals surface area contributed by atoms with Crippen molar-refractivity contribution < 1.29 is 13.0 Å². The van der Waals surface area contributed by atoms with Crippen LogP contribution >= 0.6 is 12.4 Å². The van der Waals surface area contributed by atoms with E-state index in [2.05, 4.69) is 0 Å². The molecule has 0 unspecified atom stereocenters. The van der Waals surface area contributed by atoms with Gasteiger partial charge in [0, 0.05) is 0 Å². The molecule has 6 heteroatoms. The van der Waals surface area contributed by atoms with Gasteiger partial charge in [0.05, 0.1) is 4.90 Å². The molecule has 0 aliphatic heterocycles. The molecule has 0 bridgehead atoms. The van der Waals surface area contributed by atoms with Crippen molar-refractivity contribution in [1.82, 2.24) is 6.15 Å². The Bertz CT molecular complexity index is 364. The van der Waals surface area contributed by atoms with Crippen molar-refractivity contribution in [3.8, 4) is 0 Å². The van der Waals surface area contributed by atoms with Crippen molar-refractivity contribution in [1.29, 1.82) is 0 Å². The van der Waals surface area contributed by atoms with E-state index in [-0.39, 0.29) is 23.5 Å². The Morgan fingerprint density at radius 2 is 1.69 bits per heavy atom. The first-order valence-electron chi connectivity index (χ1n) is 3.05. The number of halogens is 1. The van der Waals surface area contributed by atoms with Gasteiger partial charge in [0.15, 0.2) is 0 Å². The fraction of sp³-hybridized carbons (Fsp3) is 0.143. The maximum atomic E-state index is 10.6. The molecule has 1 rings (SSSR count). The third-order valence-electron chi connectivity index (χ3n) is 1.37. The van der Waals surface area contributed by atoms with Crippen LogP contribution in [0.4, 0.5) is 0 Å². The van der Waals surface area contributed by atoms with E-state index in [9.17, 15) is 8.42 Å². The zero-order valence-corrected chi connectivity index (χ0v) is 8.73. The highest BCUT2D eigenvalue weighted by Gasteiger charge is 2.10. The van der Waals surface area contributed by atoms with E-state index in [1.54, 1.807) is 25.1 Å². The van der Waals surface area contributed by atoms with Gasteiger partial charge in [-0.15, -0.1) is 12.4 Å². The number of aryl methyl sites for hydroxylation is 1. The number of hydrogen-bond donors (Lipinski definition) is 2. The summed E-state index contributed by atoms with van der Waals surface area (Å²) in [6, 6.07) is 6.27. The summed E-state index contributed by atoms with van der Waals surface area (Å²) in [5, 5.41) is 0. The molecule has 1 aromatic carbocycles. The first kappa shape index (κ1) is 14.9. The zero-order valence-electron chi connectivity index (χ0n) is 7.10. The maximum absolute atomic E-state index is 10.6. The van der Waals surface area contributed by atoms with Gasteiger partial charge in [-0.1, -0.05) is 18.2 Å². The minimum absolute atomic E-state index is 0. The molecule has 0 saturated carbocycles. The summed E-state index contributed by atoms with van der Waals surface area (Å²) in [7, 11) is -4.03. The van der Waals surface area contributed by atoms with Crippen LogP contribution in [0.2, 0.25) is 0 Å². The van der Waals surface area contributed by atoms with Gasteiger partial charge in [-0.05, 0) is 18.6 Å². The average molecular weight is 226 g/mol. The third kappa shape index (κ3) is 3.73. The standard InChI is InChI=1S/C7H8O3S.ClH.H3N/c1-6-4-2-3-5-7(6)11(8,9)10;;/h2-5H,1H3,(H,8,9,10);1H;1H3. The minimum Gasteiger partial charge on any atom is -0.344 e. The van der Waals surface area contributed by atoms with Crippen LogP contribution in [-0.4, -0.2) is 13.0 Å². The molecule has 0 spiro atoms. The average Bonchev–Trinajstić information content (AvgIpc) is 1.86. The fourth-order valence-electron chi connectivity index (χ4n) is 0.846. The predicted molar refractivity (Wildman–Crippen MR) is 53.3 cm³/mol. The second-order valence-electron chi connectivity index (χ2n) is 2.24. The van der Waals surface area contributed by atoms with Crippen molar-refractivity contribution in [2.75, 3.05) is 0 Å². The number of benzene rings is 1. The first-order valence-corrected chi connectivity index (χ1v) is 4.49. The van der Waals surface area contributed by atoms with Crippen molar-refractivity contribution in [2.45, 2.75) is 11.8 Å². The highest BCUT2D eigenvalue weighted by atomic mass is 35.5. The molecule has 0 aromatic heterocycles. The summed E-state index contributed by atoms with van der Waals surface area (Å²) in [6.07, 6.45) is 0. The van der Waals surface area contributed by atoms with Gasteiger partial charge in [0.25, 0.3) is 10.1 Å². The topological polar surface area (TPSA) is 89.4 Å². The van der Waals surface area contributed by atoms with Crippen LogP contribution in [0.25, 0.3) is 0 Å². The van der Waals surface area contributed by atoms with Crippen molar-refractivity contribution in [2.24, 2.45) is 0 Å². The van der Waals surface area contributed by atoms with E-state index in [1.807, 2.05) is 0 Å². The first-order chi connectivity index (χ1) is 5.02. The van der Waals surface area contributed by atoms with Gasteiger partial charge in [0.1, 0.15) is 0 Å². The molecule has 76 valence electrons. The minimum atomic E-state index is -4.03. The van der Waals surface area contributed by atoms with Gasteiger partial charge in [-0.2, -0.15) is 8.42 Å². The molecule has 0 fully saturated rings. The Balaban J connectivity index is 0. The zero-order chi connectivity index (χ0) is 8.48. The van der Waals surface area contributed by atoms with E-state index in [4.69, 9.17) is 4.55 Å². The fourth-order valence-corrected chi connectivity index (χ4v) is 1.57. The van der Waals surface area contributed by atoms with Crippen molar-refractivity contribution >= 4 is 22.5 Å². The SMILES string of the molecule is Cc1ccccc1S(=O)(=O)O.Cl.N. The Morgan fingerprint density at radius 3 is 2.00 bits per heavy atom. The van der Waals surface area contributed by atoms with E-state index in [0.29, 0.717) is 5.56 Å². The quantitative estimate of drug-likeness (QED) is 0.714. The van der Waals surface area contributed by atoms with E-state index in [0.717, 1.165) is 0 Å². The molecule has 0 aliphatic rings. The lowest BCUT2D eigenvalue weighted by Gasteiger charge is -1.99. The summed E-state index contributed by atoms with van der Waals surface area (Å²) in [6.45, 7) is 1.63. The maximum Gasteiger partial charge on any atom is 0.294 e. The van der Waals surface area contributed by atoms with Crippen LogP contribution < -0.4 is 6.15 Å². The molecular formula is C7H12ClNO3S. The molecular weight excluding hydrogens is 214 g/mol. The summed E-state index contributed by atoms with van der Waals surface area (Å²) in [4.78, 5) is -0.0278. The molecule has 13 heavy (non-hydrogen) atoms. The Hall–Kier alpha value is -0.620. The highest BCUT2D eigenvalue weighted by Crippen LogP contribution is 2.12. The Kier molecular flexibility index (Phi) is 5.93. The summed E-state index contributed by atoms with van der Waals surface area (Å²) in [5.41, 5.74) is 0.551. The van der Waals surface area contributed by atoms with Crippen LogP contribution in [0.3, 0.4) is 0 Å². The van der Waals surface area contributed by atoms with Crippen molar-refractivity contribution in [3.63, 3.8) is 0 Å². The van der Waals surface area contributed by atoms with Crippen LogP contribution in [-0.2, 0) is 10.1 Å². The monoisotopic (exact) mass is 225 g/mol. The smallest absolute Gasteiger partial charge is 0.294 e. The second-order valence-corrected chi connectivity index (χ2v) is 3.63. The van der Waals surface area contributed by atoms with E-state index in [1.165, 1.54) is 6.07 Å². The second kappa shape index (κ2) is 5.18. The molecule has 0 amide bonds. The summed E-state index contributed by atoms with van der Waals surface area (Å²) < 4.78 is 29.9. The van der Waals surface area contributed by atoms with Crippen LogP contribution in [0, 0.1) is 6.92 Å². The van der Waals surface area contributed by atoms with E-state index < -0.39 is 10.1 Å². The van der Waals surface area contributed by atoms with Gasteiger partial charge < -0.3 is 6.15 Å². The van der Waals surface area contributed by atoms with Crippen LogP contribution in [0.15, 0.2) is 29.2 Å². The molecule has 0 radical (unpaired) electrons. The Labute approximate surface area is 83.7 Å². The van der Waals surface area contributed by atoms with Crippen LogP contribution in [0.5, 0.6) is 0 Å². The molecule has 4 N–H and O–H groups in total. The number of hydrogen-bond acceptors (Lipinski definition) is 3. The van der Waals surface area contributed by atoms with Gasteiger partial charge in [-0.3, -0.25) is 4.55 Å². The van der Waals surface area contributed by atoms with Crippen LogP contribution in [0.1, 0.15) is 5.56 Å². The summed E-state index contributed by atoms with van der Waals surface area (Å²) in [5.74, 6) is 0. The molecule has 0 heterocycles. The third-order valence-corrected chi connectivity index (χ3v) is 2.39. The molecule has 0 aliphatic carbocycles. The lowest BCUT2D eigenvalue weighted by Crippen LogP contribution is -1.99. The summed E-state index contributed by atoms with van der Waals surface area (Å²) >= 11 is 0. The molecule has 1 aromatic rings. The van der Waals surface area contributed by atoms with Gasteiger partial charge >= 0.3 is 0 Å². The number of rotatable bonds is 1. The molecule has 0 atom stereocenters. The molecule has 4 nitrogen and oxygen atoms in total. The predicted octanol–water partition coefficient (Wildman–Crippen LogP) is 1.83. The van der Waals surface area contributed by atoms with E-state index >= 15 is 0 Å². The Morgan fingerprint density at radius 1 is 1.23 bits per heavy atom. The van der Waals surface area contributed by atoms with Crippen molar-refractivity contribution in [3.05, 3.63) is 29.8 Å². The van der Waals surface area contributed by atoms with Gasteiger partial charge in [0.2, 0.25) is 0 Å². The largest absolute Gasteiger partial charge is 0.344 e. The van der Waals surface area contributed by atoms with Gasteiger partial charge in [-0.25, -0.2) is 0 Å². The lowest BCUT2D eigenvalue weighted by atomic mass is 10.2. The lowest BCUT2D eigenvalue weighted by molar-refractivity contribution is 0.482.